The number of nitrogen functional groups attached to an aromatic ring is 1. The molecule has 0 aliphatic heterocycles. The molecule has 0 saturated heterocycles. The summed E-state index contributed by atoms with van der Waals surface area (Å²) in [6.45, 7) is 4.17. The second kappa shape index (κ2) is 4.79. The number of hydrogen-bond acceptors (Lipinski definition) is 4. The number of nitro benzene ring substituents is 1. The van der Waals surface area contributed by atoms with Gasteiger partial charge in [0.2, 0.25) is 0 Å². The molecule has 0 amide bonds. The first-order valence-electron chi connectivity index (χ1n) is 4.12. The fraction of sp³-hybridized carbons (Fsp3) is 0.111. The number of hydrogen-bond donors (Lipinski definition) is 2. The van der Waals surface area contributed by atoms with E-state index in [1.807, 2.05) is 0 Å². The minimum atomic E-state index is -0.483. The Morgan fingerprint density at radius 3 is 2.80 bits per heavy atom. The highest BCUT2D eigenvalue weighted by Crippen LogP contribution is 2.24. The van der Waals surface area contributed by atoms with Gasteiger partial charge < -0.3 is 11.1 Å². The topological polar surface area (TPSA) is 81.2 Å². The summed E-state index contributed by atoms with van der Waals surface area (Å²) >= 11 is 3.19. The maximum absolute atomic E-state index is 10.4. The Balaban J connectivity index is 2.83. The lowest BCUT2D eigenvalue weighted by atomic mass is 10.2. The van der Waals surface area contributed by atoms with Crippen molar-refractivity contribution in [2.24, 2.45) is 0 Å². The third-order valence-corrected chi connectivity index (χ3v) is 2.00. The fourth-order valence-electron chi connectivity index (χ4n) is 1.02. The molecular formula is C9H10BrN3O2. The third-order valence-electron chi connectivity index (χ3n) is 1.72. The number of rotatable bonds is 4. The second-order valence-corrected chi connectivity index (χ2v) is 4.02. The van der Waals surface area contributed by atoms with E-state index in [2.05, 4.69) is 27.8 Å². The zero-order valence-electron chi connectivity index (χ0n) is 7.87. The van der Waals surface area contributed by atoms with Crippen LogP contribution in [0.1, 0.15) is 0 Å². The van der Waals surface area contributed by atoms with E-state index >= 15 is 0 Å². The van der Waals surface area contributed by atoms with Crippen LogP contribution in [0.4, 0.5) is 17.1 Å². The van der Waals surface area contributed by atoms with E-state index < -0.39 is 4.92 Å². The van der Waals surface area contributed by atoms with E-state index in [9.17, 15) is 10.1 Å². The highest BCUT2D eigenvalue weighted by molar-refractivity contribution is 9.11. The van der Waals surface area contributed by atoms with E-state index in [0.717, 1.165) is 4.48 Å². The van der Waals surface area contributed by atoms with E-state index in [1.54, 1.807) is 6.07 Å². The van der Waals surface area contributed by atoms with E-state index in [4.69, 9.17) is 5.73 Å². The molecule has 0 spiro atoms. The summed E-state index contributed by atoms with van der Waals surface area (Å²) < 4.78 is 0.778. The largest absolute Gasteiger partial charge is 0.397 e. The van der Waals surface area contributed by atoms with Crippen LogP contribution in [-0.4, -0.2) is 11.5 Å². The van der Waals surface area contributed by atoms with Crippen LogP contribution in [0, 0.1) is 10.1 Å². The van der Waals surface area contributed by atoms with Gasteiger partial charge in [-0.15, -0.1) is 0 Å². The van der Waals surface area contributed by atoms with Crippen molar-refractivity contribution in [3.8, 4) is 0 Å². The summed E-state index contributed by atoms with van der Waals surface area (Å²) in [5.41, 5.74) is 6.61. The molecule has 0 aromatic heterocycles. The summed E-state index contributed by atoms with van der Waals surface area (Å²) in [4.78, 5) is 9.96. The molecular weight excluding hydrogens is 262 g/mol. The molecule has 5 nitrogen and oxygen atoms in total. The standard InChI is InChI=1S/C9H10BrN3O2/c1-6(10)5-12-9-3-2-7(13(14)15)4-8(9)11/h2-4,12H,1,5,11H2. The minimum absolute atomic E-state index is 0.0179. The molecule has 0 saturated carbocycles. The van der Waals surface area contributed by atoms with Crippen molar-refractivity contribution < 1.29 is 4.92 Å². The molecule has 15 heavy (non-hydrogen) atoms. The molecule has 1 aromatic rings. The summed E-state index contributed by atoms with van der Waals surface area (Å²) in [7, 11) is 0. The number of nitrogens with one attached hydrogen (secondary N) is 1. The number of benzene rings is 1. The van der Waals surface area contributed by atoms with Crippen molar-refractivity contribution in [2.45, 2.75) is 0 Å². The van der Waals surface area contributed by atoms with Gasteiger partial charge in [-0.1, -0.05) is 22.5 Å². The summed E-state index contributed by atoms with van der Waals surface area (Å²) in [6.07, 6.45) is 0. The lowest BCUT2D eigenvalue weighted by Gasteiger charge is -2.07. The van der Waals surface area contributed by atoms with Crippen LogP contribution in [0.2, 0.25) is 0 Å². The van der Waals surface area contributed by atoms with Crippen molar-refractivity contribution in [1.82, 2.24) is 0 Å². The lowest BCUT2D eigenvalue weighted by Crippen LogP contribution is -2.04. The molecule has 1 rings (SSSR count). The van der Waals surface area contributed by atoms with Gasteiger partial charge in [0, 0.05) is 23.2 Å². The highest BCUT2D eigenvalue weighted by Gasteiger charge is 2.07. The molecule has 3 N–H and O–H groups in total. The number of nitrogens with zero attached hydrogens (tertiary/aromatic N) is 1. The number of nitrogens with two attached hydrogens (primary N) is 1. The van der Waals surface area contributed by atoms with Crippen LogP contribution in [0.5, 0.6) is 0 Å². The second-order valence-electron chi connectivity index (χ2n) is 2.90. The molecule has 0 heterocycles. The first-order chi connectivity index (χ1) is 7.00. The Morgan fingerprint density at radius 2 is 2.33 bits per heavy atom. The van der Waals surface area contributed by atoms with Crippen LogP contribution in [-0.2, 0) is 0 Å². The van der Waals surface area contributed by atoms with Crippen LogP contribution in [0.3, 0.4) is 0 Å². The van der Waals surface area contributed by atoms with Gasteiger partial charge in [0.1, 0.15) is 0 Å². The molecule has 1 aromatic carbocycles. The third kappa shape index (κ3) is 3.25. The van der Waals surface area contributed by atoms with Crippen LogP contribution in [0.25, 0.3) is 0 Å². The number of halogens is 1. The predicted molar refractivity (Wildman–Crippen MR) is 64.1 cm³/mol. The van der Waals surface area contributed by atoms with Crippen molar-refractivity contribution in [3.63, 3.8) is 0 Å². The molecule has 80 valence electrons. The molecule has 0 unspecified atom stereocenters. The molecule has 0 radical (unpaired) electrons. The van der Waals surface area contributed by atoms with E-state index in [0.29, 0.717) is 17.9 Å². The van der Waals surface area contributed by atoms with Gasteiger partial charge in [0.05, 0.1) is 16.3 Å². The number of non-ortho nitro benzene ring substituents is 1. The van der Waals surface area contributed by atoms with E-state index in [-0.39, 0.29) is 5.69 Å². The smallest absolute Gasteiger partial charge is 0.271 e. The maximum Gasteiger partial charge on any atom is 0.271 e. The van der Waals surface area contributed by atoms with Gasteiger partial charge in [-0.3, -0.25) is 10.1 Å². The Hall–Kier alpha value is -1.56. The maximum atomic E-state index is 10.4. The normalized spacial score (nSPS) is 9.67. The van der Waals surface area contributed by atoms with Crippen molar-refractivity contribution in [1.29, 1.82) is 0 Å². The Labute approximate surface area is 95.2 Å². The molecule has 0 bridgehead atoms. The monoisotopic (exact) mass is 271 g/mol. The molecule has 0 fully saturated rings. The summed E-state index contributed by atoms with van der Waals surface area (Å²) in [5, 5.41) is 13.4. The van der Waals surface area contributed by atoms with E-state index in [1.165, 1.54) is 12.1 Å². The van der Waals surface area contributed by atoms with Gasteiger partial charge in [-0.05, 0) is 6.07 Å². The fourth-order valence-corrected chi connectivity index (χ4v) is 1.16. The first kappa shape index (κ1) is 11.5. The quantitative estimate of drug-likeness (QED) is 0.501. The zero-order valence-corrected chi connectivity index (χ0v) is 9.45. The summed E-state index contributed by atoms with van der Waals surface area (Å²) in [6, 6.07) is 4.29. The van der Waals surface area contributed by atoms with Crippen molar-refractivity contribution >= 4 is 33.0 Å². The first-order valence-corrected chi connectivity index (χ1v) is 4.91. The van der Waals surface area contributed by atoms with Gasteiger partial charge >= 0.3 is 0 Å². The van der Waals surface area contributed by atoms with Crippen molar-refractivity contribution in [2.75, 3.05) is 17.6 Å². The summed E-state index contributed by atoms with van der Waals surface area (Å²) in [5.74, 6) is 0. The molecule has 0 aliphatic rings. The lowest BCUT2D eigenvalue weighted by molar-refractivity contribution is -0.384. The van der Waals surface area contributed by atoms with Crippen LogP contribution >= 0.6 is 15.9 Å². The van der Waals surface area contributed by atoms with Gasteiger partial charge in [-0.2, -0.15) is 0 Å². The predicted octanol–water partition coefficient (Wildman–Crippen LogP) is 2.50. The Bertz CT molecular complexity index is 406. The van der Waals surface area contributed by atoms with Crippen molar-refractivity contribution in [3.05, 3.63) is 39.4 Å². The Kier molecular flexibility index (Phi) is 3.68. The molecule has 6 heteroatoms. The van der Waals surface area contributed by atoms with Crippen LogP contribution < -0.4 is 11.1 Å². The average Bonchev–Trinajstić information content (AvgIpc) is 2.15. The number of anilines is 2. The Morgan fingerprint density at radius 1 is 1.67 bits per heavy atom. The zero-order chi connectivity index (χ0) is 11.4. The molecule has 0 aliphatic carbocycles. The highest BCUT2D eigenvalue weighted by atomic mass is 79.9. The molecule has 0 atom stereocenters. The average molecular weight is 272 g/mol. The minimum Gasteiger partial charge on any atom is -0.397 e. The number of nitro groups is 1. The van der Waals surface area contributed by atoms with Gasteiger partial charge in [0.25, 0.3) is 5.69 Å². The van der Waals surface area contributed by atoms with Gasteiger partial charge in [-0.25, -0.2) is 0 Å². The SMILES string of the molecule is C=C(Br)CNc1ccc([N+](=O)[O-])cc1N. The van der Waals surface area contributed by atoms with Crippen LogP contribution in [0.15, 0.2) is 29.3 Å². The van der Waals surface area contributed by atoms with Gasteiger partial charge in [0.15, 0.2) is 0 Å².